The Balaban J connectivity index is 1.47. The molecule has 0 bridgehead atoms. The van der Waals surface area contributed by atoms with Gasteiger partial charge in [-0.3, -0.25) is 9.59 Å². The van der Waals surface area contributed by atoms with Gasteiger partial charge in [0.1, 0.15) is 5.82 Å². The van der Waals surface area contributed by atoms with Crippen LogP contribution >= 0.6 is 0 Å². The summed E-state index contributed by atoms with van der Waals surface area (Å²) in [6.45, 7) is 1.16. The minimum Gasteiger partial charge on any atom is -0.356 e. The fourth-order valence-corrected chi connectivity index (χ4v) is 3.91. The van der Waals surface area contributed by atoms with E-state index >= 15 is 0 Å². The molecular weight excluding hydrogens is 331 g/mol. The fraction of sp³-hybridized carbons (Fsp3) is 0.619. The summed E-state index contributed by atoms with van der Waals surface area (Å²) < 4.78 is 13.3. The largest absolute Gasteiger partial charge is 0.356 e. The van der Waals surface area contributed by atoms with E-state index in [-0.39, 0.29) is 29.0 Å². The van der Waals surface area contributed by atoms with Crippen molar-refractivity contribution in [2.24, 2.45) is 5.92 Å². The molecule has 2 aliphatic rings. The van der Waals surface area contributed by atoms with Crippen molar-refractivity contribution in [2.45, 2.75) is 63.2 Å². The van der Waals surface area contributed by atoms with Crippen LogP contribution in [0.15, 0.2) is 24.3 Å². The molecule has 5 heteroatoms. The van der Waals surface area contributed by atoms with Crippen molar-refractivity contribution in [3.8, 4) is 0 Å². The second-order valence-electron chi connectivity index (χ2n) is 7.79. The molecule has 0 atom stereocenters. The van der Waals surface area contributed by atoms with E-state index in [0.717, 1.165) is 44.1 Å². The molecular formula is C21H29FN2O2. The quantitative estimate of drug-likeness (QED) is 0.698. The maximum Gasteiger partial charge on any atom is 0.223 e. The van der Waals surface area contributed by atoms with Gasteiger partial charge in [-0.05, 0) is 49.8 Å². The minimum absolute atomic E-state index is 0.0257. The van der Waals surface area contributed by atoms with E-state index in [4.69, 9.17) is 0 Å². The average Bonchev–Trinajstić information content (AvgIpc) is 3.50. The number of amides is 2. The lowest BCUT2D eigenvalue weighted by atomic mass is 9.69. The van der Waals surface area contributed by atoms with Gasteiger partial charge in [0.05, 0.1) is 0 Å². The fourth-order valence-electron chi connectivity index (χ4n) is 3.91. The van der Waals surface area contributed by atoms with Gasteiger partial charge in [-0.15, -0.1) is 0 Å². The standard InChI is InChI=1S/C21H29FN2O2/c22-18-10-8-17(9-11-18)21(12-2-1-3-13-21)15-24-19(25)5-4-14-23-20(26)16-6-7-16/h8-11,16H,1-7,12-15H2,(H,23,26)(H,24,25). The van der Waals surface area contributed by atoms with Crippen molar-refractivity contribution in [3.05, 3.63) is 35.6 Å². The maximum absolute atomic E-state index is 13.3. The number of benzene rings is 1. The van der Waals surface area contributed by atoms with Crippen molar-refractivity contribution in [1.29, 1.82) is 0 Å². The van der Waals surface area contributed by atoms with Crippen LogP contribution in [0.2, 0.25) is 0 Å². The zero-order valence-electron chi connectivity index (χ0n) is 15.4. The number of hydrogen-bond donors (Lipinski definition) is 2. The summed E-state index contributed by atoms with van der Waals surface area (Å²) in [6.07, 6.45) is 8.62. The summed E-state index contributed by atoms with van der Waals surface area (Å²) in [5.74, 6) is 0.142. The van der Waals surface area contributed by atoms with Crippen LogP contribution in [0.4, 0.5) is 4.39 Å². The van der Waals surface area contributed by atoms with Crippen LogP contribution in [0.5, 0.6) is 0 Å². The number of carbonyl (C=O) groups is 2. The summed E-state index contributed by atoms with van der Waals surface area (Å²) in [5, 5.41) is 5.97. The van der Waals surface area contributed by atoms with Crippen LogP contribution in [0.25, 0.3) is 0 Å². The predicted molar refractivity (Wildman–Crippen MR) is 99.1 cm³/mol. The highest BCUT2D eigenvalue weighted by Gasteiger charge is 2.34. The van der Waals surface area contributed by atoms with Gasteiger partial charge in [0, 0.05) is 30.8 Å². The second kappa shape index (κ2) is 8.65. The number of hydrogen-bond acceptors (Lipinski definition) is 2. The molecule has 2 saturated carbocycles. The van der Waals surface area contributed by atoms with Crippen LogP contribution in [-0.4, -0.2) is 24.9 Å². The van der Waals surface area contributed by atoms with Crippen molar-refractivity contribution in [3.63, 3.8) is 0 Å². The molecule has 3 rings (SSSR count). The molecule has 2 aliphatic carbocycles. The molecule has 26 heavy (non-hydrogen) atoms. The molecule has 1 aromatic carbocycles. The Morgan fingerprint density at radius 3 is 2.38 bits per heavy atom. The second-order valence-corrected chi connectivity index (χ2v) is 7.79. The highest BCUT2D eigenvalue weighted by molar-refractivity contribution is 5.81. The molecule has 2 N–H and O–H groups in total. The first-order chi connectivity index (χ1) is 12.6. The summed E-state index contributed by atoms with van der Waals surface area (Å²) in [6, 6.07) is 6.74. The van der Waals surface area contributed by atoms with Gasteiger partial charge in [-0.1, -0.05) is 31.4 Å². The van der Waals surface area contributed by atoms with Gasteiger partial charge in [-0.25, -0.2) is 4.39 Å². The van der Waals surface area contributed by atoms with Crippen LogP contribution in [0.1, 0.15) is 63.4 Å². The molecule has 2 amide bonds. The van der Waals surface area contributed by atoms with Gasteiger partial charge < -0.3 is 10.6 Å². The first kappa shape index (κ1) is 18.9. The van der Waals surface area contributed by atoms with Crippen LogP contribution < -0.4 is 10.6 Å². The Labute approximate surface area is 154 Å². The average molecular weight is 360 g/mol. The van der Waals surface area contributed by atoms with Crippen LogP contribution in [-0.2, 0) is 15.0 Å². The molecule has 2 fully saturated rings. The molecule has 0 heterocycles. The summed E-state index contributed by atoms with van der Waals surface area (Å²) in [4.78, 5) is 23.8. The molecule has 0 aromatic heterocycles. The lowest BCUT2D eigenvalue weighted by Crippen LogP contribution is -2.42. The van der Waals surface area contributed by atoms with Crippen LogP contribution in [0.3, 0.4) is 0 Å². The van der Waals surface area contributed by atoms with Crippen molar-refractivity contribution >= 4 is 11.8 Å². The van der Waals surface area contributed by atoms with Gasteiger partial charge in [0.25, 0.3) is 0 Å². The predicted octanol–water partition coefficient (Wildman–Crippen LogP) is 3.45. The third-order valence-electron chi connectivity index (χ3n) is 5.72. The monoisotopic (exact) mass is 360 g/mol. The summed E-state index contributed by atoms with van der Waals surface area (Å²) in [5.41, 5.74) is 1.04. The Bertz CT molecular complexity index is 619. The molecule has 142 valence electrons. The lowest BCUT2D eigenvalue weighted by molar-refractivity contribution is -0.123. The molecule has 4 nitrogen and oxygen atoms in total. The zero-order chi connectivity index (χ0) is 18.4. The highest BCUT2D eigenvalue weighted by atomic mass is 19.1. The highest BCUT2D eigenvalue weighted by Crippen LogP contribution is 2.39. The summed E-state index contributed by atoms with van der Waals surface area (Å²) in [7, 11) is 0. The first-order valence-electron chi connectivity index (χ1n) is 9.90. The van der Waals surface area contributed by atoms with E-state index in [1.165, 1.54) is 18.6 Å². The lowest BCUT2D eigenvalue weighted by Gasteiger charge is -2.38. The van der Waals surface area contributed by atoms with Gasteiger partial charge in [0.2, 0.25) is 11.8 Å². The Morgan fingerprint density at radius 1 is 1.04 bits per heavy atom. The van der Waals surface area contributed by atoms with E-state index in [2.05, 4.69) is 10.6 Å². The SMILES string of the molecule is O=C(CCCNC(=O)C1CC1)NCC1(c2ccc(F)cc2)CCCCC1. The van der Waals surface area contributed by atoms with Gasteiger partial charge >= 0.3 is 0 Å². The smallest absolute Gasteiger partial charge is 0.223 e. The van der Waals surface area contributed by atoms with Crippen molar-refractivity contribution < 1.29 is 14.0 Å². The third kappa shape index (κ3) is 5.05. The third-order valence-corrected chi connectivity index (χ3v) is 5.72. The number of rotatable bonds is 8. The maximum atomic E-state index is 13.3. The number of nitrogens with one attached hydrogen (secondary N) is 2. The van der Waals surface area contributed by atoms with Crippen molar-refractivity contribution in [1.82, 2.24) is 10.6 Å². The van der Waals surface area contributed by atoms with E-state index in [1.807, 2.05) is 12.1 Å². The topological polar surface area (TPSA) is 58.2 Å². The molecule has 0 radical (unpaired) electrons. The Morgan fingerprint density at radius 2 is 1.73 bits per heavy atom. The normalized spacial score (nSPS) is 19.0. The number of halogens is 1. The minimum atomic E-state index is -0.225. The van der Waals surface area contributed by atoms with Crippen molar-refractivity contribution in [2.75, 3.05) is 13.1 Å². The molecule has 0 spiro atoms. The number of carbonyl (C=O) groups excluding carboxylic acids is 2. The molecule has 0 unspecified atom stereocenters. The van der Waals surface area contributed by atoms with E-state index in [9.17, 15) is 14.0 Å². The first-order valence-corrected chi connectivity index (χ1v) is 9.90. The van der Waals surface area contributed by atoms with E-state index < -0.39 is 0 Å². The van der Waals surface area contributed by atoms with Gasteiger partial charge in [0.15, 0.2) is 0 Å². The zero-order valence-corrected chi connectivity index (χ0v) is 15.4. The van der Waals surface area contributed by atoms with E-state index in [1.54, 1.807) is 0 Å². The van der Waals surface area contributed by atoms with Crippen LogP contribution in [0, 0.1) is 11.7 Å². The Hall–Kier alpha value is -1.91. The Kier molecular flexibility index (Phi) is 6.28. The molecule has 1 aromatic rings. The summed E-state index contributed by atoms with van der Waals surface area (Å²) >= 11 is 0. The molecule has 0 aliphatic heterocycles. The van der Waals surface area contributed by atoms with Gasteiger partial charge in [-0.2, -0.15) is 0 Å². The van der Waals surface area contributed by atoms with E-state index in [0.29, 0.717) is 25.9 Å². The molecule has 0 saturated heterocycles.